The Kier molecular flexibility index (Phi) is 4.06. The van der Waals surface area contributed by atoms with Crippen LogP contribution in [0.5, 0.6) is 0 Å². The molecule has 0 aliphatic carbocycles. The summed E-state index contributed by atoms with van der Waals surface area (Å²) in [6.07, 6.45) is 2.80. The molecule has 0 aromatic heterocycles. The average molecular weight is 285 g/mol. The first-order valence-corrected chi connectivity index (χ1v) is 6.86. The Labute approximate surface area is 116 Å². The van der Waals surface area contributed by atoms with Crippen molar-refractivity contribution >= 4 is 5.91 Å². The Morgan fingerprint density at radius 1 is 1.20 bits per heavy atom. The minimum absolute atomic E-state index is 0.0901. The topological polar surface area (TPSA) is 20.3 Å². The SMILES string of the molecule is CCC1(CC)CCN(C(=O)c2cc(F)c(F)c(F)c2)C1. The molecule has 0 atom stereocenters. The van der Waals surface area contributed by atoms with Crippen molar-refractivity contribution in [3.05, 3.63) is 35.1 Å². The number of hydrogen-bond donors (Lipinski definition) is 0. The van der Waals surface area contributed by atoms with Gasteiger partial charge in [-0.1, -0.05) is 13.8 Å². The van der Waals surface area contributed by atoms with E-state index in [0.717, 1.165) is 31.4 Å². The van der Waals surface area contributed by atoms with Gasteiger partial charge in [0.25, 0.3) is 5.91 Å². The molecule has 5 heteroatoms. The molecular formula is C15H18F3NO. The van der Waals surface area contributed by atoms with Gasteiger partial charge in [-0.2, -0.15) is 0 Å². The number of benzene rings is 1. The van der Waals surface area contributed by atoms with Crippen molar-refractivity contribution in [2.24, 2.45) is 5.41 Å². The van der Waals surface area contributed by atoms with Crippen LogP contribution in [-0.2, 0) is 0 Å². The maximum atomic E-state index is 13.2. The molecule has 110 valence electrons. The van der Waals surface area contributed by atoms with Crippen molar-refractivity contribution in [1.29, 1.82) is 0 Å². The zero-order chi connectivity index (χ0) is 14.9. The summed E-state index contributed by atoms with van der Waals surface area (Å²) in [7, 11) is 0. The van der Waals surface area contributed by atoms with E-state index in [4.69, 9.17) is 0 Å². The number of likely N-dealkylation sites (tertiary alicyclic amines) is 1. The lowest BCUT2D eigenvalue weighted by Crippen LogP contribution is -2.32. The van der Waals surface area contributed by atoms with Crippen molar-refractivity contribution in [2.45, 2.75) is 33.1 Å². The lowest BCUT2D eigenvalue weighted by Gasteiger charge is -2.26. The second kappa shape index (κ2) is 5.46. The molecule has 0 N–H and O–H groups in total. The van der Waals surface area contributed by atoms with E-state index in [-0.39, 0.29) is 11.0 Å². The van der Waals surface area contributed by atoms with Crippen LogP contribution >= 0.6 is 0 Å². The number of nitrogens with zero attached hydrogens (tertiary/aromatic N) is 1. The monoisotopic (exact) mass is 285 g/mol. The molecule has 1 fully saturated rings. The fourth-order valence-electron chi connectivity index (χ4n) is 2.80. The van der Waals surface area contributed by atoms with E-state index in [1.165, 1.54) is 0 Å². The molecule has 0 unspecified atom stereocenters. The first-order chi connectivity index (χ1) is 9.42. The highest BCUT2D eigenvalue weighted by Crippen LogP contribution is 2.37. The highest BCUT2D eigenvalue weighted by Gasteiger charge is 2.37. The van der Waals surface area contributed by atoms with E-state index in [1.54, 1.807) is 4.90 Å². The van der Waals surface area contributed by atoms with Crippen molar-refractivity contribution in [1.82, 2.24) is 4.90 Å². The van der Waals surface area contributed by atoms with Gasteiger partial charge in [-0.05, 0) is 36.8 Å². The minimum Gasteiger partial charge on any atom is -0.338 e. The first kappa shape index (κ1) is 14.9. The van der Waals surface area contributed by atoms with Gasteiger partial charge in [0.05, 0.1) is 0 Å². The maximum Gasteiger partial charge on any atom is 0.254 e. The van der Waals surface area contributed by atoms with Crippen LogP contribution in [0.15, 0.2) is 12.1 Å². The van der Waals surface area contributed by atoms with Gasteiger partial charge in [0.2, 0.25) is 0 Å². The van der Waals surface area contributed by atoms with Crippen LogP contribution in [0.25, 0.3) is 0 Å². The Bertz CT molecular complexity index is 503. The third-order valence-corrected chi connectivity index (χ3v) is 4.46. The molecule has 1 saturated heterocycles. The van der Waals surface area contributed by atoms with Gasteiger partial charge < -0.3 is 4.90 Å². The highest BCUT2D eigenvalue weighted by molar-refractivity contribution is 5.94. The number of carbonyl (C=O) groups is 1. The summed E-state index contributed by atoms with van der Waals surface area (Å²) in [5.74, 6) is -4.64. The number of hydrogen-bond acceptors (Lipinski definition) is 1. The molecular weight excluding hydrogens is 267 g/mol. The molecule has 2 nitrogen and oxygen atoms in total. The molecule has 1 aliphatic heterocycles. The van der Waals surface area contributed by atoms with Crippen molar-refractivity contribution in [2.75, 3.05) is 13.1 Å². The van der Waals surface area contributed by atoms with Crippen LogP contribution in [0.3, 0.4) is 0 Å². The van der Waals surface area contributed by atoms with Crippen LogP contribution in [0.1, 0.15) is 43.5 Å². The molecule has 0 spiro atoms. The zero-order valence-corrected chi connectivity index (χ0v) is 11.7. The molecule has 1 aliphatic rings. The predicted molar refractivity (Wildman–Crippen MR) is 69.9 cm³/mol. The number of halogens is 3. The Hall–Kier alpha value is -1.52. The molecule has 0 saturated carbocycles. The van der Waals surface area contributed by atoms with Gasteiger partial charge in [0.15, 0.2) is 17.5 Å². The lowest BCUT2D eigenvalue weighted by molar-refractivity contribution is 0.0768. The smallest absolute Gasteiger partial charge is 0.254 e. The molecule has 1 aromatic carbocycles. The molecule has 0 bridgehead atoms. The van der Waals surface area contributed by atoms with Crippen LogP contribution in [0, 0.1) is 22.9 Å². The summed E-state index contributed by atoms with van der Waals surface area (Å²) in [6.45, 7) is 5.31. The van der Waals surface area contributed by atoms with Gasteiger partial charge in [0, 0.05) is 18.7 Å². The second-order valence-electron chi connectivity index (χ2n) is 5.44. The van der Waals surface area contributed by atoms with Gasteiger partial charge in [-0.25, -0.2) is 13.2 Å². The van der Waals surface area contributed by atoms with Crippen LogP contribution in [0.2, 0.25) is 0 Å². The molecule has 0 radical (unpaired) electrons. The van der Waals surface area contributed by atoms with E-state index >= 15 is 0 Å². The summed E-state index contributed by atoms with van der Waals surface area (Å²) in [5.41, 5.74) is -0.0447. The van der Waals surface area contributed by atoms with Crippen LogP contribution in [-0.4, -0.2) is 23.9 Å². The summed E-state index contributed by atoms with van der Waals surface area (Å²) in [5, 5.41) is 0. The van der Waals surface area contributed by atoms with E-state index in [0.29, 0.717) is 13.1 Å². The highest BCUT2D eigenvalue weighted by atomic mass is 19.2. The fourth-order valence-corrected chi connectivity index (χ4v) is 2.80. The van der Waals surface area contributed by atoms with E-state index in [1.807, 2.05) is 0 Å². The standard InChI is InChI=1S/C15H18F3NO/c1-3-15(4-2)5-6-19(9-15)14(20)10-7-11(16)13(18)12(17)8-10/h7-8H,3-6,9H2,1-2H3. The quantitative estimate of drug-likeness (QED) is 0.774. The Morgan fingerprint density at radius 2 is 1.75 bits per heavy atom. The summed E-state index contributed by atoms with van der Waals surface area (Å²) >= 11 is 0. The molecule has 1 aromatic rings. The van der Waals surface area contributed by atoms with Crippen LogP contribution in [0.4, 0.5) is 13.2 Å². The maximum absolute atomic E-state index is 13.2. The summed E-state index contributed by atoms with van der Waals surface area (Å²) in [6, 6.07) is 1.53. The molecule has 20 heavy (non-hydrogen) atoms. The molecule has 1 heterocycles. The Balaban J connectivity index is 2.21. The second-order valence-corrected chi connectivity index (χ2v) is 5.44. The molecule has 2 rings (SSSR count). The third kappa shape index (κ3) is 2.53. The van der Waals surface area contributed by atoms with Gasteiger partial charge in [0.1, 0.15) is 0 Å². The van der Waals surface area contributed by atoms with Gasteiger partial charge in [-0.15, -0.1) is 0 Å². The van der Waals surface area contributed by atoms with Gasteiger partial charge in [-0.3, -0.25) is 4.79 Å². The average Bonchev–Trinajstić information content (AvgIpc) is 2.88. The summed E-state index contributed by atoms with van der Waals surface area (Å²) in [4.78, 5) is 13.8. The number of rotatable bonds is 3. The fraction of sp³-hybridized carbons (Fsp3) is 0.533. The van der Waals surface area contributed by atoms with Crippen molar-refractivity contribution in [3.8, 4) is 0 Å². The number of carbonyl (C=O) groups excluding carboxylic acids is 1. The van der Waals surface area contributed by atoms with Crippen LogP contribution < -0.4 is 0 Å². The van der Waals surface area contributed by atoms with E-state index in [9.17, 15) is 18.0 Å². The Morgan fingerprint density at radius 3 is 2.20 bits per heavy atom. The van der Waals surface area contributed by atoms with E-state index in [2.05, 4.69) is 13.8 Å². The minimum atomic E-state index is -1.54. The van der Waals surface area contributed by atoms with Crippen molar-refractivity contribution < 1.29 is 18.0 Å². The molecule has 1 amide bonds. The van der Waals surface area contributed by atoms with Gasteiger partial charge >= 0.3 is 0 Å². The zero-order valence-electron chi connectivity index (χ0n) is 11.7. The van der Waals surface area contributed by atoms with E-state index < -0.39 is 23.4 Å². The summed E-state index contributed by atoms with van der Waals surface area (Å²) < 4.78 is 39.3. The first-order valence-electron chi connectivity index (χ1n) is 6.86. The lowest BCUT2D eigenvalue weighted by atomic mass is 9.82. The third-order valence-electron chi connectivity index (χ3n) is 4.46. The normalized spacial score (nSPS) is 17.6. The largest absolute Gasteiger partial charge is 0.338 e. The van der Waals surface area contributed by atoms with Crippen molar-refractivity contribution in [3.63, 3.8) is 0 Å². The predicted octanol–water partition coefficient (Wildman–Crippen LogP) is 3.76. The number of amides is 1.